The number of rotatable bonds is 7. The van der Waals surface area contributed by atoms with Crippen molar-refractivity contribution < 1.29 is 24.2 Å². The van der Waals surface area contributed by atoms with Gasteiger partial charge in [-0.2, -0.15) is 0 Å². The fourth-order valence-electron chi connectivity index (χ4n) is 3.94. The van der Waals surface area contributed by atoms with E-state index < -0.39 is 11.8 Å². The number of unbranched alkanes of at least 4 members (excludes halogenated alkanes) is 3. The molecule has 0 fully saturated rings. The third-order valence-electron chi connectivity index (χ3n) is 5.10. The van der Waals surface area contributed by atoms with E-state index in [0.717, 1.165) is 32.1 Å². The molecule has 142 valence electrons. The predicted octanol–water partition coefficient (Wildman–Crippen LogP) is 3.89. The van der Waals surface area contributed by atoms with E-state index in [2.05, 4.69) is 6.92 Å². The summed E-state index contributed by atoms with van der Waals surface area (Å²) in [5.74, 6) is -2.28. The van der Waals surface area contributed by atoms with E-state index in [1.54, 1.807) is 6.92 Å². The molecule has 0 saturated carbocycles. The SMILES string of the molecule is CCCCCCC1CC(O)(C(=O)OCC)OC2=C1C(=O)CC(C)(C)C2. The van der Waals surface area contributed by atoms with Crippen LogP contribution < -0.4 is 0 Å². The molecular formula is C20H32O5. The van der Waals surface area contributed by atoms with Crippen molar-refractivity contribution in [2.45, 2.75) is 84.8 Å². The summed E-state index contributed by atoms with van der Waals surface area (Å²) in [6, 6.07) is 0. The van der Waals surface area contributed by atoms with Crippen LogP contribution in [-0.2, 0) is 19.1 Å². The zero-order valence-corrected chi connectivity index (χ0v) is 16.0. The molecule has 1 N–H and O–H groups in total. The lowest BCUT2D eigenvalue weighted by atomic mass is 9.70. The average Bonchev–Trinajstić information content (AvgIpc) is 2.49. The Hall–Kier alpha value is -1.36. The van der Waals surface area contributed by atoms with Crippen LogP contribution in [0.25, 0.3) is 0 Å². The van der Waals surface area contributed by atoms with Gasteiger partial charge in [-0.15, -0.1) is 0 Å². The van der Waals surface area contributed by atoms with Gasteiger partial charge >= 0.3 is 11.8 Å². The van der Waals surface area contributed by atoms with Crippen molar-refractivity contribution in [2.75, 3.05) is 6.61 Å². The summed E-state index contributed by atoms with van der Waals surface area (Å²) >= 11 is 0. The highest BCUT2D eigenvalue weighted by atomic mass is 16.7. The summed E-state index contributed by atoms with van der Waals surface area (Å²) in [5.41, 5.74) is 0.472. The monoisotopic (exact) mass is 352 g/mol. The summed E-state index contributed by atoms with van der Waals surface area (Å²) in [5, 5.41) is 10.8. The summed E-state index contributed by atoms with van der Waals surface area (Å²) in [7, 11) is 0. The minimum absolute atomic E-state index is 0.0950. The Morgan fingerprint density at radius 1 is 1.24 bits per heavy atom. The number of aliphatic hydroxyl groups is 1. The summed E-state index contributed by atoms with van der Waals surface area (Å²) in [4.78, 5) is 25.0. The van der Waals surface area contributed by atoms with Gasteiger partial charge < -0.3 is 14.6 Å². The first-order chi connectivity index (χ1) is 11.7. The molecule has 2 atom stereocenters. The molecule has 5 nitrogen and oxygen atoms in total. The number of ether oxygens (including phenoxy) is 2. The first-order valence-corrected chi connectivity index (χ1v) is 9.57. The molecule has 0 spiro atoms. The Balaban J connectivity index is 2.27. The first kappa shape index (κ1) is 20.0. The number of carbonyl (C=O) groups is 2. The van der Waals surface area contributed by atoms with Gasteiger partial charge in [-0.25, -0.2) is 4.79 Å². The molecular weight excluding hydrogens is 320 g/mol. The molecule has 5 heteroatoms. The van der Waals surface area contributed by atoms with Crippen molar-refractivity contribution in [3.63, 3.8) is 0 Å². The number of Topliss-reactive ketones (excluding diaryl/α,β-unsaturated/α-hetero) is 1. The van der Waals surface area contributed by atoms with Crippen molar-refractivity contribution in [1.29, 1.82) is 0 Å². The lowest BCUT2D eigenvalue weighted by molar-refractivity contribution is -0.228. The van der Waals surface area contributed by atoms with Gasteiger partial charge in [0.15, 0.2) is 5.78 Å². The molecule has 0 aromatic rings. The van der Waals surface area contributed by atoms with Gasteiger partial charge in [-0.3, -0.25) is 4.79 Å². The smallest absolute Gasteiger partial charge is 0.379 e. The van der Waals surface area contributed by atoms with Gasteiger partial charge in [0, 0.05) is 24.8 Å². The molecule has 25 heavy (non-hydrogen) atoms. The quantitative estimate of drug-likeness (QED) is 0.556. The second-order valence-electron chi connectivity index (χ2n) is 8.14. The molecule has 0 aromatic heterocycles. The van der Waals surface area contributed by atoms with Gasteiger partial charge in [0.25, 0.3) is 0 Å². The molecule has 0 saturated heterocycles. The van der Waals surface area contributed by atoms with E-state index in [1.807, 2.05) is 13.8 Å². The maximum Gasteiger partial charge on any atom is 0.379 e. The van der Waals surface area contributed by atoms with E-state index >= 15 is 0 Å². The molecule has 0 radical (unpaired) electrons. The maximum atomic E-state index is 12.7. The van der Waals surface area contributed by atoms with Gasteiger partial charge in [0.05, 0.1) is 6.61 Å². The molecule has 2 unspecified atom stereocenters. The van der Waals surface area contributed by atoms with Crippen molar-refractivity contribution in [3.8, 4) is 0 Å². The van der Waals surface area contributed by atoms with Crippen LogP contribution in [0.4, 0.5) is 0 Å². The number of allylic oxidation sites excluding steroid dienone is 2. The van der Waals surface area contributed by atoms with Crippen molar-refractivity contribution >= 4 is 11.8 Å². The molecule has 0 bridgehead atoms. The van der Waals surface area contributed by atoms with E-state index in [9.17, 15) is 14.7 Å². The van der Waals surface area contributed by atoms with Gasteiger partial charge in [0.1, 0.15) is 5.76 Å². The minimum atomic E-state index is -1.97. The summed E-state index contributed by atoms with van der Waals surface area (Å²) in [6.45, 7) is 8.05. The van der Waals surface area contributed by atoms with Crippen LogP contribution in [0.5, 0.6) is 0 Å². The second kappa shape index (κ2) is 7.90. The lowest BCUT2D eigenvalue weighted by Gasteiger charge is -2.42. The first-order valence-electron chi connectivity index (χ1n) is 9.57. The molecule has 2 rings (SSSR count). The van der Waals surface area contributed by atoms with E-state index in [1.165, 1.54) is 0 Å². The standard InChI is InChI=1S/C20H32O5/c1-5-7-8-9-10-14-11-20(23,18(22)24-6-2)25-16-13-19(3,4)12-15(21)17(14)16/h14,23H,5-13H2,1-4H3. The highest BCUT2D eigenvalue weighted by Crippen LogP contribution is 2.47. The fraction of sp³-hybridized carbons (Fsp3) is 0.800. The molecule has 2 aliphatic rings. The second-order valence-corrected chi connectivity index (χ2v) is 8.14. The average molecular weight is 352 g/mol. The van der Waals surface area contributed by atoms with Crippen molar-refractivity contribution in [3.05, 3.63) is 11.3 Å². The highest BCUT2D eigenvalue weighted by Gasteiger charge is 2.51. The van der Waals surface area contributed by atoms with Crippen LogP contribution in [0.3, 0.4) is 0 Å². The number of carbonyl (C=O) groups excluding carboxylic acids is 2. The number of hydrogen-bond acceptors (Lipinski definition) is 5. The molecule has 0 aromatic carbocycles. The maximum absolute atomic E-state index is 12.7. The van der Waals surface area contributed by atoms with Crippen molar-refractivity contribution in [2.24, 2.45) is 11.3 Å². The van der Waals surface area contributed by atoms with Crippen LogP contribution in [0.2, 0.25) is 0 Å². The van der Waals surface area contributed by atoms with Crippen LogP contribution in [0.15, 0.2) is 11.3 Å². The largest absolute Gasteiger partial charge is 0.461 e. The van der Waals surface area contributed by atoms with Crippen molar-refractivity contribution in [1.82, 2.24) is 0 Å². The third kappa shape index (κ3) is 4.63. The van der Waals surface area contributed by atoms with Gasteiger partial charge in [-0.1, -0.05) is 46.5 Å². The van der Waals surface area contributed by atoms with Crippen LogP contribution in [0.1, 0.15) is 79.1 Å². The van der Waals surface area contributed by atoms with E-state index in [-0.39, 0.29) is 30.1 Å². The predicted molar refractivity (Wildman–Crippen MR) is 94.6 cm³/mol. The molecule has 1 aliphatic carbocycles. The van der Waals surface area contributed by atoms with Gasteiger partial charge in [0.2, 0.25) is 0 Å². The van der Waals surface area contributed by atoms with E-state index in [4.69, 9.17) is 9.47 Å². The van der Waals surface area contributed by atoms with Crippen LogP contribution in [0, 0.1) is 11.3 Å². The Morgan fingerprint density at radius 3 is 2.60 bits per heavy atom. The Kier molecular flexibility index (Phi) is 6.30. The zero-order valence-electron chi connectivity index (χ0n) is 16.0. The normalized spacial score (nSPS) is 28.4. The zero-order chi connectivity index (χ0) is 18.7. The molecule has 0 amide bonds. The highest BCUT2D eigenvalue weighted by molar-refractivity contribution is 5.98. The van der Waals surface area contributed by atoms with E-state index in [0.29, 0.717) is 24.2 Å². The lowest BCUT2D eigenvalue weighted by Crippen LogP contribution is -2.49. The number of esters is 1. The molecule has 1 aliphatic heterocycles. The Bertz CT molecular complexity index is 548. The third-order valence-corrected chi connectivity index (χ3v) is 5.10. The minimum Gasteiger partial charge on any atom is -0.461 e. The Labute approximate surface area is 150 Å². The topological polar surface area (TPSA) is 72.8 Å². The van der Waals surface area contributed by atoms with Crippen LogP contribution >= 0.6 is 0 Å². The van der Waals surface area contributed by atoms with Gasteiger partial charge in [-0.05, 0) is 24.7 Å². The summed E-state index contributed by atoms with van der Waals surface area (Å²) < 4.78 is 10.7. The van der Waals surface area contributed by atoms with Crippen LogP contribution in [-0.4, -0.2) is 29.3 Å². The fourth-order valence-corrected chi connectivity index (χ4v) is 3.94. The summed E-state index contributed by atoms with van der Waals surface area (Å²) in [6.07, 6.45) is 6.29. The number of ketones is 1. The molecule has 1 heterocycles. The Morgan fingerprint density at radius 2 is 1.96 bits per heavy atom. The number of hydrogen-bond donors (Lipinski definition) is 1.